The van der Waals surface area contributed by atoms with Crippen molar-refractivity contribution in [3.05, 3.63) is 71.9 Å². The Labute approximate surface area is 173 Å². The minimum absolute atomic E-state index is 0.0414. The Kier molecular flexibility index (Phi) is 6.76. The quantitative estimate of drug-likeness (QED) is 0.475. The number of ether oxygens (including phenoxy) is 2. The molecule has 0 atom stereocenters. The van der Waals surface area contributed by atoms with E-state index >= 15 is 0 Å². The van der Waals surface area contributed by atoms with Crippen molar-refractivity contribution in [2.45, 2.75) is 26.1 Å². The molecule has 0 N–H and O–H groups in total. The summed E-state index contributed by atoms with van der Waals surface area (Å²) >= 11 is 0. The van der Waals surface area contributed by atoms with Crippen molar-refractivity contribution in [1.82, 2.24) is 9.97 Å². The predicted octanol–water partition coefficient (Wildman–Crippen LogP) is 5.63. The molecule has 30 heavy (non-hydrogen) atoms. The molecule has 0 amide bonds. The highest BCUT2D eigenvalue weighted by Crippen LogP contribution is 2.37. The third kappa shape index (κ3) is 5.20. The number of alkyl halides is 3. The van der Waals surface area contributed by atoms with Crippen molar-refractivity contribution in [2.75, 3.05) is 18.6 Å². The van der Waals surface area contributed by atoms with Crippen LogP contribution in [0.1, 0.15) is 24.5 Å². The average Bonchev–Trinajstić information content (AvgIpc) is 2.76. The number of rotatable bonds is 8. The van der Waals surface area contributed by atoms with Crippen LogP contribution in [0.15, 0.2) is 60.8 Å². The van der Waals surface area contributed by atoms with Crippen molar-refractivity contribution >= 4 is 11.6 Å². The largest absolute Gasteiger partial charge is 0.491 e. The van der Waals surface area contributed by atoms with Crippen LogP contribution in [0, 0.1) is 0 Å². The van der Waals surface area contributed by atoms with Crippen LogP contribution in [-0.4, -0.2) is 23.6 Å². The van der Waals surface area contributed by atoms with Gasteiger partial charge < -0.3 is 14.4 Å². The molecule has 5 nitrogen and oxygen atoms in total. The molecule has 158 valence electrons. The first kappa shape index (κ1) is 21.4. The van der Waals surface area contributed by atoms with Crippen LogP contribution in [0.5, 0.6) is 11.6 Å². The van der Waals surface area contributed by atoms with E-state index in [0.717, 1.165) is 18.2 Å². The first-order valence-electron chi connectivity index (χ1n) is 9.46. The van der Waals surface area contributed by atoms with Gasteiger partial charge in [0.2, 0.25) is 11.8 Å². The summed E-state index contributed by atoms with van der Waals surface area (Å²) in [5, 5.41) is 0. The lowest BCUT2D eigenvalue weighted by Gasteiger charge is -2.22. The number of benzene rings is 2. The Balaban J connectivity index is 1.92. The second kappa shape index (κ2) is 9.47. The Morgan fingerprint density at radius 1 is 0.967 bits per heavy atom. The van der Waals surface area contributed by atoms with Gasteiger partial charge in [0.05, 0.1) is 12.3 Å². The molecule has 0 spiro atoms. The van der Waals surface area contributed by atoms with Gasteiger partial charge in [-0.15, -0.1) is 0 Å². The van der Waals surface area contributed by atoms with E-state index in [1.165, 1.54) is 0 Å². The highest BCUT2D eigenvalue weighted by Gasteiger charge is 2.36. The summed E-state index contributed by atoms with van der Waals surface area (Å²) in [5.41, 5.74) is 0.350. The highest BCUT2D eigenvalue weighted by atomic mass is 19.4. The molecular weight excluding hydrogens is 395 g/mol. The summed E-state index contributed by atoms with van der Waals surface area (Å²) in [7, 11) is 1.66. The molecule has 0 fully saturated rings. The smallest absolute Gasteiger partial charge is 0.423 e. The third-order valence-electron chi connectivity index (χ3n) is 4.25. The van der Waals surface area contributed by atoms with Gasteiger partial charge >= 0.3 is 6.18 Å². The van der Waals surface area contributed by atoms with Gasteiger partial charge in [0.25, 0.3) is 0 Å². The fourth-order valence-electron chi connectivity index (χ4n) is 2.73. The Morgan fingerprint density at radius 2 is 1.67 bits per heavy atom. The van der Waals surface area contributed by atoms with Crippen LogP contribution >= 0.6 is 0 Å². The summed E-state index contributed by atoms with van der Waals surface area (Å²) in [6, 6.07) is 16.1. The zero-order valence-corrected chi connectivity index (χ0v) is 16.7. The topological polar surface area (TPSA) is 47.5 Å². The number of para-hydroxylation sites is 2. The molecule has 0 aliphatic heterocycles. The van der Waals surface area contributed by atoms with Crippen LogP contribution in [0.3, 0.4) is 0 Å². The zero-order valence-electron chi connectivity index (χ0n) is 16.7. The first-order valence-corrected chi connectivity index (χ1v) is 9.46. The summed E-state index contributed by atoms with van der Waals surface area (Å²) < 4.78 is 51.5. The fourth-order valence-corrected chi connectivity index (χ4v) is 2.73. The first-order chi connectivity index (χ1) is 14.4. The summed E-state index contributed by atoms with van der Waals surface area (Å²) in [6.07, 6.45) is -3.06. The number of aromatic nitrogens is 2. The van der Waals surface area contributed by atoms with E-state index in [0.29, 0.717) is 18.0 Å². The molecule has 2 aromatic carbocycles. The van der Waals surface area contributed by atoms with Gasteiger partial charge in [0.1, 0.15) is 17.9 Å². The molecule has 3 aromatic rings. The van der Waals surface area contributed by atoms with Crippen molar-refractivity contribution < 1.29 is 22.6 Å². The maximum absolute atomic E-state index is 13.4. The standard InChI is InChI=1S/C22H22F3N3O2/c1-3-13-29-19-12-8-7-11-18(19)28(2)21-26-14-17(22(23,24)25)20(27-21)30-15-16-9-5-4-6-10-16/h4-12,14H,3,13,15H2,1-2H3. The van der Waals surface area contributed by atoms with Crippen LogP contribution in [0.4, 0.5) is 24.8 Å². The van der Waals surface area contributed by atoms with Crippen LogP contribution < -0.4 is 14.4 Å². The fraction of sp³-hybridized carbons (Fsp3) is 0.273. The van der Waals surface area contributed by atoms with Gasteiger partial charge in [-0.3, -0.25) is 0 Å². The van der Waals surface area contributed by atoms with Crippen molar-refractivity contribution in [1.29, 1.82) is 0 Å². The molecule has 0 unspecified atom stereocenters. The average molecular weight is 417 g/mol. The SMILES string of the molecule is CCCOc1ccccc1N(C)c1ncc(C(F)(F)F)c(OCc2ccccc2)n1. The maximum Gasteiger partial charge on any atom is 0.423 e. The number of hydrogen-bond acceptors (Lipinski definition) is 5. The molecule has 0 aliphatic rings. The van der Waals surface area contributed by atoms with Gasteiger partial charge in [-0.2, -0.15) is 18.2 Å². The molecule has 3 rings (SSSR count). The van der Waals surface area contributed by atoms with Crippen LogP contribution in [0.25, 0.3) is 0 Å². The van der Waals surface area contributed by atoms with E-state index < -0.39 is 17.6 Å². The second-order valence-corrected chi connectivity index (χ2v) is 6.54. The van der Waals surface area contributed by atoms with Crippen molar-refractivity contribution in [3.8, 4) is 11.6 Å². The number of nitrogens with zero attached hydrogens (tertiary/aromatic N) is 3. The predicted molar refractivity (Wildman–Crippen MR) is 108 cm³/mol. The molecule has 8 heteroatoms. The Morgan fingerprint density at radius 3 is 2.37 bits per heavy atom. The van der Waals surface area contributed by atoms with E-state index in [1.807, 2.05) is 25.1 Å². The Bertz CT molecular complexity index is 965. The van der Waals surface area contributed by atoms with Gasteiger partial charge in [-0.25, -0.2) is 4.98 Å². The number of hydrogen-bond donors (Lipinski definition) is 0. The highest BCUT2D eigenvalue weighted by molar-refractivity contribution is 5.65. The Hall–Kier alpha value is -3.29. The van der Waals surface area contributed by atoms with E-state index in [1.54, 1.807) is 48.3 Å². The van der Waals surface area contributed by atoms with Gasteiger partial charge in [0, 0.05) is 13.2 Å². The molecule has 0 bridgehead atoms. The molecule has 0 radical (unpaired) electrons. The lowest BCUT2D eigenvalue weighted by atomic mass is 10.2. The van der Waals surface area contributed by atoms with E-state index in [9.17, 15) is 13.2 Å². The van der Waals surface area contributed by atoms with Crippen molar-refractivity contribution in [2.24, 2.45) is 0 Å². The van der Waals surface area contributed by atoms with Crippen molar-refractivity contribution in [3.63, 3.8) is 0 Å². The lowest BCUT2D eigenvalue weighted by molar-refractivity contribution is -0.139. The van der Waals surface area contributed by atoms with Gasteiger partial charge in [-0.1, -0.05) is 49.4 Å². The zero-order chi connectivity index (χ0) is 21.6. The number of halogens is 3. The van der Waals surface area contributed by atoms with Crippen LogP contribution in [-0.2, 0) is 12.8 Å². The lowest BCUT2D eigenvalue weighted by Crippen LogP contribution is -2.18. The van der Waals surface area contributed by atoms with Gasteiger partial charge in [-0.05, 0) is 24.1 Å². The summed E-state index contributed by atoms with van der Waals surface area (Å²) in [5.74, 6) is 0.144. The van der Waals surface area contributed by atoms with E-state index in [4.69, 9.17) is 9.47 Å². The third-order valence-corrected chi connectivity index (χ3v) is 4.25. The molecule has 1 aromatic heterocycles. The minimum atomic E-state index is -4.63. The maximum atomic E-state index is 13.4. The second-order valence-electron chi connectivity index (χ2n) is 6.54. The summed E-state index contributed by atoms with van der Waals surface area (Å²) in [4.78, 5) is 9.56. The number of anilines is 2. The minimum Gasteiger partial charge on any atom is -0.491 e. The molecule has 0 saturated carbocycles. The van der Waals surface area contributed by atoms with Crippen LogP contribution in [0.2, 0.25) is 0 Å². The van der Waals surface area contributed by atoms with Gasteiger partial charge in [0.15, 0.2) is 0 Å². The molecule has 0 aliphatic carbocycles. The monoisotopic (exact) mass is 417 g/mol. The molecular formula is C22H22F3N3O2. The normalized spacial score (nSPS) is 11.2. The molecule has 0 saturated heterocycles. The van der Waals surface area contributed by atoms with E-state index in [2.05, 4.69) is 9.97 Å². The molecule has 1 heterocycles. The van der Waals surface area contributed by atoms with E-state index in [-0.39, 0.29) is 12.6 Å². The summed E-state index contributed by atoms with van der Waals surface area (Å²) in [6.45, 7) is 2.46.